The number of anilines is 4. The third-order valence-corrected chi connectivity index (χ3v) is 11.3. The molecule has 0 radical (unpaired) electrons. The van der Waals surface area contributed by atoms with Gasteiger partial charge in [-0.25, -0.2) is 9.59 Å². The number of hydrogen-bond acceptors (Lipinski definition) is 13. The number of fused-ring (bicyclic) bond motifs is 2. The Morgan fingerprint density at radius 1 is 0.648 bits per heavy atom. The van der Waals surface area contributed by atoms with Gasteiger partial charge in [0.2, 0.25) is 11.8 Å². The van der Waals surface area contributed by atoms with Gasteiger partial charge in [-0.3, -0.25) is 43.0 Å². The van der Waals surface area contributed by atoms with Crippen LogP contribution in [0.3, 0.4) is 0 Å². The topological polar surface area (TPSA) is 301 Å². The molecule has 0 aliphatic heterocycles. The number of aromatic nitrogens is 6. The van der Waals surface area contributed by atoms with Gasteiger partial charge in [0, 0.05) is 37.5 Å². The first-order valence-corrected chi connectivity index (χ1v) is 22.1. The van der Waals surface area contributed by atoms with E-state index in [-0.39, 0.29) is 104 Å². The van der Waals surface area contributed by atoms with Crippen LogP contribution in [-0.4, -0.2) is 73.1 Å². The number of nitrogens with one attached hydrogen (secondary N) is 8. The summed E-state index contributed by atoms with van der Waals surface area (Å²) in [6.45, 7) is 1.20. The van der Waals surface area contributed by atoms with E-state index in [1.165, 1.54) is 48.5 Å². The van der Waals surface area contributed by atoms with Gasteiger partial charge in [0.1, 0.15) is 18.0 Å². The largest absolute Gasteiger partial charge is 0.465 e. The summed E-state index contributed by atoms with van der Waals surface area (Å²) < 4.78 is 20.5. The minimum atomic E-state index is -1.86. The van der Waals surface area contributed by atoms with Crippen molar-refractivity contribution >= 4 is 97.4 Å². The molecule has 71 heavy (non-hydrogen) atoms. The molecule has 21 nitrogen and oxygen atoms in total. The van der Waals surface area contributed by atoms with E-state index in [0.717, 1.165) is 5.56 Å². The van der Waals surface area contributed by atoms with E-state index in [1.54, 1.807) is 37.3 Å². The van der Waals surface area contributed by atoms with E-state index in [0.29, 0.717) is 10.4 Å². The molecule has 4 aromatic heterocycles. The van der Waals surface area contributed by atoms with E-state index in [4.69, 9.17) is 37.2 Å². The lowest BCUT2D eigenvalue weighted by molar-refractivity contribution is -0.147. The highest BCUT2D eigenvalue weighted by Crippen LogP contribution is 2.37. The van der Waals surface area contributed by atoms with Crippen molar-refractivity contribution in [3.8, 4) is 22.8 Å². The summed E-state index contributed by atoms with van der Waals surface area (Å²) in [5.74, 6) is -7.64. The van der Waals surface area contributed by atoms with Crippen molar-refractivity contribution in [2.45, 2.75) is 19.4 Å². The number of aromatic amines is 4. The Balaban J connectivity index is 1.07. The monoisotopic (exact) mass is 998 g/mol. The highest BCUT2D eigenvalue weighted by Gasteiger charge is 2.38. The number of carbonyl (C=O) groups is 5. The number of nitrogens with zero attached hydrogens (tertiary/aromatic N) is 2. The number of rotatable bonds is 16. The van der Waals surface area contributed by atoms with Crippen LogP contribution in [0.4, 0.5) is 22.7 Å². The van der Waals surface area contributed by atoms with E-state index in [9.17, 15) is 33.6 Å². The molecule has 358 valence electrons. The number of ether oxygens (including phenoxy) is 2. The predicted octanol–water partition coefficient (Wildman–Crippen LogP) is 7.59. The number of benzene rings is 5. The molecule has 0 aliphatic rings. The van der Waals surface area contributed by atoms with Crippen LogP contribution in [0, 0.1) is 0 Å². The van der Waals surface area contributed by atoms with Crippen molar-refractivity contribution in [1.82, 2.24) is 30.2 Å². The first-order valence-electron chi connectivity index (χ1n) is 21.3. The summed E-state index contributed by atoms with van der Waals surface area (Å²) >= 11 is 12.5. The Morgan fingerprint density at radius 3 is 1.89 bits per heavy atom. The van der Waals surface area contributed by atoms with Gasteiger partial charge in [-0.1, -0.05) is 88.1 Å². The summed E-state index contributed by atoms with van der Waals surface area (Å²) in [4.78, 5) is 105. The molecule has 8 N–H and O–H groups in total. The molecule has 4 heterocycles. The number of amides is 4. The van der Waals surface area contributed by atoms with E-state index in [1.807, 2.05) is 30.3 Å². The van der Waals surface area contributed by atoms with Crippen LogP contribution in [0.25, 0.3) is 44.6 Å². The van der Waals surface area contributed by atoms with Gasteiger partial charge in [-0.15, -0.1) is 0 Å². The van der Waals surface area contributed by atoms with Crippen LogP contribution in [0.1, 0.15) is 44.9 Å². The second kappa shape index (κ2) is 20.3. The molecular weight excluding hydrogens is 963 g/mol. The summed E-state index contributed by atoms with van der Waals surface area (Å²) in [6, 6.07) is 29.1. The van der Waals surface area contributed by atoms with Crippen LogP contribution in [0.2, 0.25) is 10.0 Å². The van der Waals surface area contributed by atoms with Crippen LogP contribution < -0.4 is 32.8 Å². The van der Waals surface area contributed by atoms with Gasteiger partial charge in [-0.2, -0.15) is 0 Å². The van der Waals surface area contributed by atoms with Gasteiger partial charge < -0.3 is 40.7 Å². The summed E-state index contributed by atoms with van der Waals surface area (Å²) in [6.07, 6.45) is 0. The molecule has 0 bridgehead atoms. The lowest BCUT2D eigenvalue weighted by atomic mass is 9.93. The van der Waals surface area contributed by atoms with E-state index < -0.39 is 47.0 Å². The minimum Gasteiger partial charge on any atom is -0.465 e. The predicted molar refractivity (Wildman–Crippen MR) is 260 cm³/mol. The Morgan fingerprint density at radius 2 is 1.27 bits per heavy atom. The zero-order valence-electron chi connectivity index (χ0n) is 36.7. The second-order valence-electron chi connectivity index (χ2n) is 15.5. The molecule has 9 rings (SSSR count). The van der Waals surface area contributed by atoms with Crippen LogP contribution >= 0.6 is 23.2 Å². The molecular formula is C48H36Cl2N10O11. The molecule has 23 heteroatoms. The summed E-state index contributed by atoms with van der Waals surface area (Å²) in [5, 5.41) is 19.7. The lowest BCUT2D eigenvalue weighted by Crippen LogP contribution is -2.31. The van der Waals surface area contributed by atoms with E-state index >= 15 is 0 Å². The molecule has 4 amide bonds. The maximum atomic E-state index is 14.9. The average molecular weight is 1000 g/mol. The Bertz CT molecular complexity index is 3650. The molecule has 0 aliphatic carbocycles. The van der Waals surface area contributed by atoms with Gasteiger partial charge in [0.25, 0.3) is 11.8 Å². The molecule has 0 saturated heterocycles. The quantitative estimate of drug-likeness (QED) is 0.0342. The van der Waals surface area contributed by atoms with Crippen molar-refractivity contribution in [2.75, 3.05) is 34.5 Å². The summed E-state index contributed by atoms with van der Waals surface area (Å²) in [7, 11) is 0. The summed E-state index contributed by atoms with van der Waals surface area (Å²) in [5.41, 5.74) is 1.95. The highest BCUT2D eigenvalue weighted by atomic mass is 35.5. The molecule has 1 unspecified atom stereocenters. The third-order valence-electron chi connectivity index (χ3n) is 10.8. The van der Waals surface area contributed by atoms with Crippen molar-refractivity contribution in [2.24, 2.45) is 0 Å². The molecule has 5 aromatic carbocycles. The van der Waals surface area contributed by atoms with Gasteiger partial charge in [0.15, 0.2) is 17.6 Å². The standard InChI is InChI=1S/C48H36Cl2N10O11/c1-2-69-46(65)37(44(63)55-32-12-6-10-24-18-34(52-38(24)32)43(62)53-30-16-14-25(49)19-28(30)41-57-47(66)70-59-41)36-27-11-7-13-33(51-35(61)22-68-21-23-8-4-3-5-9-23)39(27)56-40(36)45(64)54-31-17-15-26(50)20-29(31)42-58-48(67)71-60-42/h3-20,37,52,56H,2,21-22H2,1H3,(H,51,61)(H,53,62)(H,54,64)(H,55,63)(H,57,59,66)(H,58,60,67). The van der Waals surface area contributed by atoms with Crippen molar-refractivity contribution < 1.29 is 42.5 Å². The first kappa shape index (κ1) is 47.0. The van der Waals surface area contributed by atoms with Crippen LogP contribution in [0.15, 0.2) is 128 Å². The lowest BCUT2D eigenvalue weighted by Gasteiger charge is -2.18. The Hall–Kier alpha value is -9.05. The third kappa shape index (κ3) is 10.2. The van der Waals surface area contributed by atoms with Crippen molar-refractivity contribution in [3.63, 3.8) is 0 Å². The Labute approximate surface area is 408 Å². The number of H-pyrrole nitrogens is 4. The fraction of sp³-hybridized carbons (Fsp3) is 0.104. The minimum absolute atomic E-state index is 0.0189. The molecule has 9 aromatic rings. The normalized spacial score (nSPS) is 11.6. The number of halogens is 2. The highest BCUT2D eigenvalue weighted by molar-refractivity contribution is 6.31. The maximum absolute atomic E-state index is 14.9. The number of carbonyl (C=O) groups excluding carboxylic acids is 5. The maximum Gasteiger partial charge on any atom is 0.439 e. The average Bonchev–Trinajstić information content (AvgIpc) is 4.18. The van der Waals surface area contributed by atoms with Crippen molar-refractivity contribution in [1.29, 1.82) is 0 Å². The van der Waals surface area contributed by atoms with E-state index in [2.05, 4.69) is 56.0 Å². The van der Waals surface area contributed by atoms with Gasteiger partial charge in [0.05, 0.1) is 47.0 Å². The molecule has 0 saturated carbocycles. The van der Waals surface area contributed by atoms with Crippen molar-refractivity contribution in [3.05, 3.63) is 163 Å². The fourth-order valence-electron chi connectivity index (χ4n) is 7.72. The smallest absolute Gasteiger partial charge is 0.439 e. The number of esters is 1. The van der Waals surface area contributed by atoms with Crippen LogP contribution in [-0.2, 0) is 30.5 Å². The number of para-hydroxylation sites is 2. The zero-order chi connectivity index (χ0) is 49.8. The fourth-order valence-corrected chi connectivity index (χ4v) is 8.07. The van der Waals surface area contributed by atoms with Gasteiger partial charge in [-0.05, 0) is 67.1 Å². The van der Waals surface area contributed by atoms with Gasteiger partial charge >= 0.3 is 17.5 Å². The SMILES string of the molecule is CCOC(=O)C(C(=O)Nc1cccc2cc(C(=O)Nc3ccc(Cl)cc3-c3noc(=O)[nH]3)[nH]c12)c1c(C(=O)Nc2ccc(Cl)cc2-c2noc(=O)[nH]2)[nH]c2c(NC(=O)COCc3ccccc3)cccc12. The molecule has 0 spiro atoms. The first-order chi connectivity index (χ1) is 34.3. The van der Waals surface area contributed by atoms with Crippen LogP contribution in [0.5, 0.6) is 0 Å². The molecule has 0 fully saturated rings. The molecule has 1 atom stereocenters. The second-order valence-corrected chi connectivity index (χ2v) is 16.3. The zero-order valence-corrected chi connectivity index (χ0v) is 38.2. The number of hydrogen-bond donors (Lipinski definition) is 8. The Kier molecular flexibility index (Phi) is 13.4.